The topological polar surface area (TPSA) is 86.5 Å². The van der Waals surface area contributed by atoms with Gasteiger partial charge >= 0.3 is 0 Å². The zero-order valence-corrected chi connectivity index (χ0v) is 9.92. The minimum atomic E-state index is -0.266. The summed E-state index contributed by atoms with van der Waals surface area (Å²) in [7, 11) is 0. The second kappa shape index (κ2) is 3.83. The van der Waals surface area contributed by atoms with Gasteiger partial charge in [0.2, 0.25) is 0 Å². The molecule has 0 unspecified atom stereocenters. The first-order valence-electron chi connectivity index (χ1n) is 4.93. The van der Waals surface area contributed by atoms with Crippen LogP contribution in [0, 0.1) is 29.6 Å². The fraction of sp³-hybridized carbons (Fsp3) is 0.417. The Balaban J connectivity index is 3.71. The summed E-state index contributed by atoms with van der Waals surface area (Å²) in [5, 5.41) is 18.1. The van der Waals surface area contributed by atoms with Gasteiger partial charge in [0.1, 0.15) is 18.0 Å². The number of anilines is 1. The van der Waals surface area contributed by atoms with Gasteiger partial charge in [0.25, 0.3) is 0 Å². The molecule has 0 saturated carbocycles. The number of hydrogen-bond acceptors (Lipinski definition) is 4. The van der Waals surface area contributed by atoms with Gasteiger partial charge in [-0.15, -0.1) is 0 Å². The van der Waals surface area contributed by atoms with Crippen molar-refractivity contribution in [2.75, 3.05) is 5.73 Å². The fourth-order valence-corrected chi connectivity index (χ4v) is 1.55. The van der Waals surface area contributed by atoms with Gasteiger partial charge in [-0.2, -0.15) is 10.5 Å². The number of nitrogens with zero attached hydrogens (tertiary/aromatic N) is 3. The van der Waals surface area contributed by atoms with Gasteiger partial charge in [0.05, 0.1) is 16.8 Å². The smallest absolute Gasteiger partial charge is 0.142 e. The van der Waals surface area contributed by atoms with Crippen LogP contribution in [0.4, 0.5) is 5.82 Å². The highest BCUT2D eigenvalue weighted by atomic mass is 14.9. The normalized spacial score (nSPS) is 10.6. The zero-order valence-electron chi connectivity index (χ0n) is 9.92. The second-order valence-corrected chi connectivity index (χ2v) is 4.69. The third-order valence-electron chi connectivity index (χ3n) is 2.41. The maximum absolute atomic E-state index is 9.13. The van der Waals surface area contributed by atoms with Crippen LogP contribution in [0.2, 0.25) is 0 Å². The molecule has 1 heterocycles. The van der Waals surface area contributed by atoms with E-state index in [1.54, 1.807) is 6.92 Å². The Morgan fingerprint density at radius 2 is 1.62 bits per heavy atom. The lowest BCUT2D eigenvalue weighted by atomic mass is 9.86. The highest BCUT2D eigenvalue weighted by Crippen LogP contribution is 2.29. The summed E-state index contributed by atoms with van der Waals surface area (Å²) in [6.07, 6.45) is 0. The molecule has 82 valence electrons. The molecule has 4 nitrogen and oxygen atoms in total. The molecule has 0 amide bonds. The lowest BCUT2D eigenvalue weighted by Gasteiger charge is -2.21. The molecule has 0 atom stereocenters. The predicted molar refractivity (Wildman–Crippen MR) is 61.5 cm³/mol. The molecule has 1 aromatic rings. The molecule has 0 spiro atoms. The molecule has 0 aliphatic heterocycles. The molecule has 0 aliphatic rings. The Labute approximate surface area is 95.3 Å². The minimum Gasteiger partial charge on any atom is -0.383 e. The maximum atomic E-state index is 9.13. The molecule has 0 bridgehead atoms. The van der Waals surface area contributed by atoms with Crippen molar-refractivity contribution in [3.63, 3.8) is 0 Å². The average molecular weight is 214 g/mol. The van der Waals surface area contributed by atoms with E-state index in [0.29, 0.717) is 22.4 Å². The molecule has 0 fully saturated rings. The molecule has 1 aromatic heterocycles. The highest BCUT2D eigenvalue weighted by Gasteiger charge is 2.24. The number of nitrogens with two attached hydrogens (primary N) is 1. The van der Waals surface area contributed by atoms with Crippen molar-refractivity contribution in [3.05, 3.63) is 22.4 Å². The van der Waals surface area contributed by atoms with E-state index in [4.69, 9.17) is 16.3 Å². The second-order valence-electron chi connectivity index (χ2n) is 4.69. The summed E-state index contributed by atoms with van der Waals surface area (Å²) in [5.41, 5.74) is 7.45. The molecule has 2 N–H and O–H groups in total. The molecule has 0 aromatic carbocycles. The summed E-state index contributed by atoms with van der Waals surface area (Å²) in [4.78, 5) is 4.18. The first-order valence-corrected chi connectivity index (χ1v) is 4.93. The number of nitriles is 2. The van der Waals surface area contributed by atoms with Crippen molar-refractivity contribution in [2.45, 2.75) is 33.1 Å². The molecular weight excluding hydrogens is 200 g/mol. The largest absolute Gasteiger partial charge is 0.383 e. The highest BCUT2D eigenvalue weighted by molar-refractivity contribution is 5.60. The van der Waals surface area contributed by atoms with Crippen LogP contribution in [0.5, 0.6) is 0 Å². The van der Waals surface area contributed by atoms with E-state index in [2.05, 4.69) is 11.1 Å². The summed E-state index contributed by atoms with van der Waals surface area (Å²) >= 11 is 0. The van der Waals surface area contributed by atoms with Crippen molar-refractivity contribution >= 4 is 5.82 Å². The molecular formula is C12H14N4. The van der Waals surface area contributed by atoms with Crippen LogP contribution in [0.1, 0.15) is 43.2 Å². The SMILES string of the molecule is Cc1c(C#N)c(N)nc(C(C)(C)C)c1C#N. The minimum absolute atomic E-state index is 0.198. The molecule has 0 saturated heterocycles. The zero-order chi connectivity index (χ0) is 12.5. The van der Waals surface area contributed by atoms with Crippen LogP contribution in [-0.2, 0) is 5.41 Å². The van der Waals surface area contributed by atoms with E-state index >= 15 is 0 Å². The Bertz CT molecular complexity index is 510. The molecule has 0 radical (unpaired) electrons. The van der Waals surface area contributed by atoms with Gasteiger partial charge in [-0.25, -0.2) is 4.98 Å². The first-order chi connectivity index (χ1) is 7.32. The number of rotatable bonds is 0. The Hall–Kier alpha value is -2.07. The summed E-state index contributed by atoms with van der Waals surface area (Å²) in [6, 6.07) is 4.08. The monoisotopic (exact) mass is 214 g/mol. The lowest BCUT2D eigenvalue weighted by molar-refractivity contribution is 0.567. The fourth-order valence-electron chi connectivity index (χ4n) is 1.55. The van der Waals surface area contributed by atoms with Crippen LogP contribution in [0.3, 0.4) is 0 Å². The first kappa shape index (κ1) is 12.0. The van der Waals surface area contributed by atoms with Crippen molar-refractivity contribution in [1.82, 2.24) is 4.98 Å². The van der Waals surface area contributed by atoms with Gasteiger partial charge in [-0.1, -0.05) is 20.8 Å². The lowest BCUT2D eigenvalue weighted by Crippen LogP contribution is -2.18. The van der Waals surface area contributed by atoms with Crippen molar-refractivity contribution in [3.8, 4) is 12.1 Å². The van der Waals surface area contributed by atoms with Crippen molar-refractivity contribution < 1.29 is 0 Å². The Kier molecular flexibility index (Phi) is 2.87. The number of aromatic nitrogens is 1. The van der Waals surface area contributed by atoms with Gasteiger partial charge in [-0.05, 0) is 12.5 Å². The van der Waals surface area contributed by atoms with Gasteiger partial charge in [0, 0.05) is 5.41 Å². The third-order valence-corrected chi connectivity index (χ3v) is 2.41. The number of hydrogen-bond donors (Lipinski definition) is 1. The molecule has 0 aliphatic carbocycles. The Morgan fingerprint density at radius 3 is 2.00 bits per heavy atom. The number of nitrogen functional groups attached to an aromatic ring is 1. The summed E-state index contributed by atoms with van der Waals surface area (Å²) < 4.78 is 0. The van der Waals surface area contributed by atoms with E-state index in [0.717, 1.165) is 0 Å². The van der Waals surface area contributed by atoms with E-state index < -0.39 is 0 Å². The van der Waals surface area contributed by atoms with E-state index in [1.807, 2.05) is 26.8 Å². The maximum Gasteiger partial charge on any atom is 0.142 e. The van der Waals surface area contributed by atoms with Crippen LogP contribution < -0.4 is 5.73 Å². The summed E-state index contributed by atoms with van der Waals surface area (Å²) in [6.45, 7) is 7.60. The molecule has 4 heteroatoms. The predicted octanol–water partition coefficient (Wildman–Crippen LogP) is 2.01. The third kappa shape index (κ3) is 1.83. The quantitative estimate of drug-likeness (QED) is 0.715. The van der Waals surface area contributed by atoms with Crippen LogP contribution in [-0.4, -0.2) is 4.98 Å². The summed E-state index contributed by atoms with van der Waals surface area (Å²) in [5.74, 6) is 0.198. The van der Waals surface area contributed by atoms with Gasteiger partial charge < -0.3 is 5.73 Å². The van der Waals surface area contributed by atoms with E-state index in [-0.39, 0.29) is 11.2 Å². The molecule has 16 heavy (non-hydrogen) atoms. The van der Waals surface area contributed by atoms with Crippen molar-refractivity contribution in [2.24, 2.45) is 0 Å². The average Bonchev–Trinajstić information content (AvgIpc) is 2.16. The van der Waals surface area contributed by atoms with E-state index in [1.165, 1.54) is 0 Å². The van der Waals surface area contributed by atoms with Crippen LogP contribution in [0.15, 0.2) is 0 Å². The Morgan fingerprint density at radius 1 is 1.12 bits per heavy atom. The standard InChI is InChI=1S/C12H14N4/c1-7-8(5-13)10(12(2,3)4)16-11(15)9(7)6-14/h1-4H3,(H2,15,16). The molecule has 1 rings (SSSR count). The number of pyridine rings is 1. The van der Waals surface area contributed by atoms with Gasteiger partial charge in [-0.3, -0.25) is 0 Å². The van der Waals surface area contributed by atoms with Gasteiger partial charge in [0.15, 0.2) is 0 Å². The van der Waals surface area contributed by atoms with Crippen LogP contribution >= 0.6 is 0 Å². The van der Waals surface area contributed by atoms with E-state index in [9.17, 15) is 0 Å². The van der Waals surface area contributed by atoms with Crippen molar-refractivity contribution in [1.29, 1.82) is 10.5 Å². The van der Waals surface area contributed by atoms with Crippen LogP contribution in [0.25, 0.3) is 0 Å².